The molecule has 100 valence electrons. The summed E-state index contributed by atoms with van der Waals surface area (Å²) in [6.07, 6.45) is 2.91. The Balaban J connectivity index is 2.67. The maximum Gasteiger partial charge on any atom is 0.213 e. The second-order valence-electron chi connectivity index (χ2n) is 5.26. The number of hydrogen-bond donors (Lipinski definition) is 0. The van der Waals surface area contributed by atoms with E-state index in [0.717, 1.165) is 5.56 Å². The highest BCUT2D eigenvalue weighted by Gasteiger charge is 2.21. The topological polar surface area (TPSA) is 25.8 Å². The fraction of sp³-hybridized carbons (Fsp3) is 0.286. The van der Waals surface area contributed by atoms with Gasteiger partial charge in [-0.05, 0) is 17.0 Å². The number of pyridine rings is 2. The van der Waals surface area contributed by atoms with Gasteiger partial charge < -0.3 is 0 Å². The van der Waals surface area contributed by atoms with Gasteiger partial charge in [-0.25, -0.2) is 4.98 Å². The van der Waals surface area contributed by atoms with E-state index in [0.29, 0.717) is 21.3 Å². The molecule has 0 fully saturated rings. The predicted molar refractivity (Wildman–Crippen MR) is 76.1 cm³/mol. The summed E-state index contributed by atoms with van der Waals surface area (Å²) in [6, 6.07) is 3.10. The molecule has 0 unspecified atom stereocenters. The van der Waals surface area contributed by atoms with Crippen molar-refractivity contribution in [3.8, 4) is 11.3 Å². The number of aromatic nitrogens is 2. The van der Waals surface area contributed by atoms with E-state index >= 15 is 0 Å². The fourth-order valence-electron chi connectivity index (χ4n) is 1.81. The Hall–Kier alpha value is -1.19. The average Bonchev–Trinajstić information content (AvgIpc) is 2.31. The van der Waals surface area contributed by atoms with E-state index in [1.165, 1.54) is 12.3 Å². The zero-order chi connectivity index (χ0) is 14.2. The van der Waals surface area contributed by atoms with Crippen molar-refractivity contribution < 1.29 is 4.39 Å². The quantitative estimate of drug-likeness (QED) is 0.701. The largest absolute Gasteiger partial charge is 0.255 e. The van der Waals surface area contributed by atoms with Crippen molar-refractivity contribution in [1.82, 2.24) is 9.97 Å². The smallest absolute Gasteiger partial charge is 0.213 e. The Morgan fingerprint density at radius 2 is 1.84 bits per heavy atom. The molecule has 2 heterocycles. The predicted octanol–water partition coefficient (Wildman–Crippen LogP) is 4.89. The highest BCUT2D eigenvalue weighted by Crippen LogP contribution is 2.37. The summed E-state index contributed by atoms with van der Waals surface area (Å²) < 4.78 is 13.3. The van der Waals surface area contributed by atoms with Crippen LogP contribution in [0.1, 0.15) is 26.3 Å². The van der Waals surface area contributed by atoms with Gasteiger partial charge in [-0.15, -0.1) is 0 Å². The second kappa shape index (κ2) is 5.06. The lowest BCUT2D eigenvalue weighted by molar-refractivity contribution is 0.584. The first-order chi connectivity index (χ1) is 8.80. The van der Waals surface area contributed by atoms with Gasteiger partial charge in [0.05, 0.1) is 15.7 Å². The van der Waals surface area contributed by atoms with Crippen molar-refractivity contribution in [2.45, 2.75) is 26.2 Å². The molecule has 0 aliphatic rings. The fourth-order valence-corrected chi connectivity index (χ4v) is 2.50. The molecule has 2 aromatic rings. The molecule has 2 nitrogen and oxygen atoms in total. The molecule has 5 heteroatoms. The maximum absolute atomic E-state index is 13.3. The third-order valence-corrected chi connectivity index (χ3v) is 3.46. The molecule has 0 aromatic carbocycles. The van der Waals surface area contributed by atoms with E-state index in [4.69, 9.17) is 23.2 Å². The summed E-state index contributed by atoms with van der Waals surface area (Å²) in [5, 5.41) is 0.810. The molecule has 0 N–H and O–H groups in total. The first kappa shape index (κ1) is 14.2. The van der Waals surface area contributed by atoms with E-state index in [9.17, 15) is 4.39 Å². The lowest BCUT2D eigenvalue weighted by atomic mass is 9.87. The van der Waals surface area contributed by atoms with Crippen LogP contribution in [0.15, 0.2) is 24.5 Å². The zero-order valence-corrected chi connectivity index (χ0v) is 12.3. The highest BCUT2D eigenvalue weighted by molar-refractivity contribution is 6.36. The first-order valence-electron chi connectivity index (χ1n) is 5.77. The van der Waals surface area contributed by atoms with Crippen LogP contribution in [0.3, 0.4) is 0 Å². The minimum atomic E-state index is -0.613. The second-order valence-corrected chi connectivity index (χ2v) is 6.04. The minimum Gasteiger partial charge on any atom is -0.255 e. The molecule has 0 bridgehead atoms. The normalized spacial score (nSPS) is 11.7. The molecular weight excluding hydrogens is 286 g/mol. The lowest BCUT2D eigenvalue weighted by Crippen LogP contribution is -2.12. The van der Waals surface area contributed by atoms with Gasteiger partial charge in [-0.3, -0.25) is 4.98 Å². The SMILES string of the molecule is CC(C)(C)c1ccnc(-c2cc(F)ncc2Cl)c1Cl. The molecule has 0 radical (unpaired) electrons. The third kappa shape index (κ3) is 2.88. The Morgan fingerprint density at radius 1 is 1.16 bits per heavy atom. The van der Waals surface area contributed by atoms with Crippen LogP contribution in [-0.4, -0.2) is 9.97 Å². The molecule has 19 heavy (non-hydrogen) atoms. The number of hydrogen-bond acceptors (Lipinski definition) is 2. The van der Waals surface area contributed by atoms with Crippen LogP contribution in [0.4, 0.5) is 4.39 Å². The standard InChI is InChI=1S/C14H13Cl2FN2/c1-14(2,3)9-4-5-18-13(12(9)16)8-6-11(17)19-7-10(8)15/h4-7H,1-3H3. The monoisotopic (exact) mass is 298 g/mol. The van der Waals surface area contributed by atoms with Gasteiger partial charge in [0.2, 0.25) is 5.95 Å². The summed E-state index contributed by atoms with van der Waals surface area (Å²) in [4.78, 5) is 7.71. The van der Waals surface area contributed by atoms with Crippen LogP contribution in [-0.2, 0) is 5.41 Å². The Labute approximate surface area is 121 Å². The van der Waals surface area contributed by atoms with Gasteiger partial charge in [-0.1, -0.05) is 44.0 Å². The summed E-state index contributed by atoms with van der Waals surface area (Å²) in [5.41, 5.74) is 1.73. The number of rotatable bonds is 1. The third-order valence-electron chi connectivity index (χ3n) is 2.77. The van der Waals surface area contributed by atoms with Crippen LogP contribution in [0.5, 0.6) is 0 Å². The molecular formula is C14H13Cl2FN2. The van der Waals surface area contributed by atoms with Crippen LogP contribution in [0.2, 0.25) is 10.0 Å². The van der Waals surface area contributed by atoms with E-state index < -0.39 is 5.95 Å². The molecule has 0 aliphatic heterocycles. The van der Waals surface area contributed by atoms with Gasteiger partial charge in [0.1, 0.15) is 0 Å². The van der Waals surface area contributed by atoms with E-state index in [1.807, 2.05) is 26.8 Å². The van der Waals surface area contributed by atoms with Crippen molar-refractivity contribution in [2.24, 2.45) is 0 Å². The minimum absolute atomic E-state index is 0.132. The summed E-state index contributed by atoms with van der Waals surface area (Å²) in [6.45, 7) is 6.15. The van der Waals surface area contributed by atoms with Crippen molar-refractivity contribution in [3.05, 3.63) is 46.1 Å². The summed E-state index contributed by atoms with van der Waals surface area (Å²) in [5.74, 6) is -0.613. The summed E-state index contributed by atoms with van der Waals surface area (Å²) in [7, 11) is 0. The van der Waals surface area contributed by atoms with Gasteiger partial charge in [-0.2, -0.15) is 4.39 Å². The van der Waals surface area contributed by atoms with Crippen LogP contribution < -0.4 is 0 Å². The lowest BCUT2D eigenvalue weighted by Gasteiger charge is -2.21. The van der Waals surface area contributed by atoms with Gasteiger partial charge in [0, 0.05) is 24.0 Å². The van der Waals surface area contributed by atoms with Crippen molar-refractivity contribution in [1.29, 1.82) is 0 Å². The Bertz CT molecular complexity index is 621. The molecule has 0 spiro atoms. The maximum atomic E-state index is 13.3. The molecule has 2 rings (SSSR count). The highest BCUT2D eigenvalue weighted by atomic mass is 35.5. The average molecular weight is 299 g/mol. The number of halogens is 3. The van der Waals surface area contributed by atoms with Crippen molar-refractivity contribution in [2.75, 3.05) is 0 Å². The van der Waals surface area contributed by atoms with Crippen LogP contribution >= 0.6 is 23.2 Å². The Morgan fingerprint density at radius 3 is 2.47 bits per heavy atom. The van der Waals surface area contributed by atoms with Crippen molar-refractivity contribution in [3.63, 3.8) is 0 Å². The van der Waals surface area contributed by atoms with E-state index in [-0.39, 0.29) is 5.41 Å². The van der Waals surface area contributed by atoms with Crippen LogP contribution in [0.25, 0.3) is 11.3 Å². The van der Waals surface area contributed by atoms with Gasteiger partial charge in [0.25, 0.3) is 0 Å². The van der Waals surface area contributed by atoms with Gasteiger partial charge in [0.15, 0.2) is 0 Å². The molecule has 0 amide bonds. The molecule has 0 saturated heterocycles. The first-order valence-corrected chi connectivity index (χ1v) is 6.52. The van der Waals surface area contributed by atoms with Crippen molar-refractivity contribution >= 4 is 23.2 Å². The molecule has 0 atom stereocenters. The zero-order valence-electron chi connectivity index (χ0n) is 10.8. The van der Waals surface area contributed by atoms with Crippen LogP contribution in [0, 0.1) is 5.95 Å². The molecule has 2 aromatic heterocycles. The van der Waals surface area contributed by atoms with Gasteiger partial charge >= 0.3 is 0 Å². The Kier molecular flexibility index (Phi) is 3.79. The molecule has 0 aliphatic carbocycles. The molecule has 0 saturated carbocycles. The number of nitrogens with zero attached hydrogens (tertiary/aromatic N) is 2. The summed E-state index contributed by atoms with van der Waals surface area (Å²) >= 11 is 12.4. The van der Waals surface area contributed by atoms with E-state index in [2.05, 4.69) is 9.97 Å². The van der Waals surface area contributed by atoms with E-state index in [1.54, 1.807) is 6.20 Å².